The SMILES string of the molecule is Cc1ccc(/C(N)=N\O)c(Cl)n1. The molecule has 0 saturated carbocycles. The minimum atomic E-state index is -0.0347. The van der Waals surface area contributed by atoms with E-state index in [4.69, 9.17) is 22.5 Å². The first-order valence-electron chi connectivity index (χ1n) is 3.26. The predicted molar refractivity (Wildman–Crippen MR) is 46.5 cm³/mol. The second kappa shape index (κ2) is 3.40. The summed E-state index contributed by atoms with van der Waals surface area (Å²) in [6.07, 6.45) is 0. The van der Waals surface area contributed by atoms with Crippen LogP contribution < -0.4 is 5.73 Å². The number of aryl methyl sites for hydroxylation is 1. The van der Waals surface area contributed by atoms with E-state index < -0.39 is 0 Å². The van der Waals surface area contributed by atoms with Crippen molar-refractivity contribution >= 4 is 17.4 Å². The predicted octanol–water partition coefficient (Wildman–Crippen LogP) is 1.14. The van der Waals surface area contributed by atoms with Crippen molar-refractivity contribution in [1.29, 1.82) is 0 Å². The van der Waals surface area contributed by atoms with Gasteiger partial charge < -0.3 is 10.9 Å². The van der Waals surface area contributed by atoms with Gasteiger partial charge >= 0.3 is 0 Å². The van der Waals surface area contributed by atoms with Crippen molar-refractivity contribution in [3.05, 3.63) is 28.5 Å². The lowest BCUT2D eigenvalue weighted by Crippen LogP contribution is -2.14. The summed E-state index contributed by atoms with van der Waals surface area (Å²) in [5.41, 5.74) is 6.54. The van der Waals surface area contributed by atoms with Gasteiger partial charge in [-0.25, -0.2) is 4.98 Å². The Morgan fingerprint density at radius 1 is 1.67 bits per heavy atom. The molecule has 1 aromatic rings. The van der Waals surface area contributed by atoms with Crippen molar-refractivity contribution in [3.8, 4) is 0 Å². The Kier molecular flexibility index (Phi) is 2.50. The highest BCUT2D eigenvalue weighted by Crippen LogP contribution is 2.12. The number of nitrogens with two attached hydrogens (primary N) is 1. The van der Waals surface area contributed by atoms with E-state index in [2.05, 4.69) is 10.1 Å². The summed E-state index contributed by atoms with van der Waals surface area (Å²) in [5, 5.41) is 11.4. The highest BCUT2D eigenvalue weighted by atomic mass is 35.5. The maximum absolute atomic E-state index is 8.36. The molecule has 64 valence electrons. The highest BCUT2D eigenvalue weighted by Gasteiger charge is 2.05. The Labute approximate surface area is 74.7 Å². The quantitative estimate of drug-likeness (QED) is 0.227. The van der Waals surface area contributed by atoms with Crippen molar-refractivity contribution in [2.24, 2.45) is 10.9 Å². The van der Waals surface area contributed by atoms with Gasteiger partial charge in [-0.1, -0.05) is 16.8 Å². The molecule has 0 aliphatic carbocycles. The Morgan fingerprint density at radius 3 is 2.83 bits per heavy atom. The molecule has 0 aromatic carbocycles. The van der Waals surface area contributed by atoms with Gasteiger partial charge in [0.05, 0.1) is 5.56 Å². The molecule has 12 heavy (non-hydrogen) atoms. The van der Waals surface area contributed by atoms with Crippen molar-refractivity contribution in [3.63, 3.8) is 0 Å². The average Bonchev–Trinajstić information content (AvgIpc) is 2.03. The molecule has 0 spiro atoms. The summed E-state index contributed by atoms with van der Waals surface area (Å²) < 4.78 is 0. The monoisotopic (exact) mass is 185 g/mol. The molecule has 0 radical (unpaired) electrons. The molecule has 3 N–H and O–H groups in total. The molecular weight excluding hydrogens is 178 g/mol. The minimum absolute atomic E-state index is 0.0347. The third-order valence-electron chi connectivity index (χ3n) is 1.37. The number of halogens is 1. The summed E-state index contributed by atoms with van der Waals surface area (Å²) >= 11 is 5.72. The highest BCUT2D eigenvalue weighted by molar-refractivity contribution is 6.32. The molecule has 0 amide bonds. The Balaban J connectivity index is 3.18. The van der Waals surface area contributed by atoms with Crippen LogP contribution in [0.5, 0.6) is 0 Å². The first kappa shape index (κ1) is 8.80. The summed E-state index contributed by atoms with van der Waals surface area (Å²) in [6.45, 7) is 1.81. The molecule has 0 unspecified atom stereocenters. The molecule has 0 bridgehead atoms. The van der Waals surface area contributed by atoms with Crippen LogP contribution in [0.3, 0.4) is 0 Å². The number of amidine groups is 1. The second-order valence-corrected chi connectivity index (χ2v) is 2.63. The standard InChI is InChI=1S/C7H8ClN3O/c1-4-2-3-5(6(8)10-4)7(9)11-12/h2-3,12H,1H3,(H2,9,11). The molecule has 0 atom stereocenters. The number of rotatable bonds is 1. The van der Waals surface area contributed by atoms with E-state index in [1.54, 1.807) is 12.1 Å². The fourth-order valence-corrected chi connectivity index (χ4v) is 1.06. The third-order valence-corrected chi connectivity index (χ3v) is 1.66. The summed E-state index contributed by atoms with van der Waals surface area (Å²) in [7, 11) is 0. The van der Waals surface area contributed by atoms with E-state index >= 15 is 0 Å². The van der Waals surface area contributed by atoms with Gasteiger partial charge in [-0.3, -0.25) is 0 Å². The van der Waals surface area contributed by atoms with Crippen molar-refractivity contribution < 1.29 is 5.21 Å². The normalized spacial score (nSPS) is 11.7. The zero-order valence-electron chi connectivity index (χ0n) is 6.45. The molecule has 1 heterocycles. The van der Waals surface area contributed by atoms with E-state index in [0.29, 0.717) is 5.56 Å². The van der Waals surface area contributed by atoms with E-state index in [0.717, 1.165) is 5.69 Å². The number of hydrogen-bond acceptors (Lipinski definition) is 3. The van der Waals surface area contributed by atoms with Gasteiger partial charge in [-0.15, -0.1) is 0 Å². The molecule has 1 rings (SSSR count). The van der Waals surface area contributed by atoms with E-state index in [1.807, 2.05) is 6.92 Å². The minimum Gasteiger partial charge on any atom is -0.409 e. The summed E-state index contributed by atoms with van der Waals surface area (Å²) in [5.74, 6) is -0.0347. The maximum atomic E-state index is 8.36. The molecule has 0 aliphatic rings. The Hall–Kier alpha value is -1.29. The van der Waals surface area contributed by atoms with Gasteiger partial charge in [-0.2, -0.15) is 0 Å². The maximum Gasteiger partial charge on any atom is 0.173 e. The van der Waals surface area contributed by atoms with Crippen LogP contribution >= 0.6 is 11.6 Å². The van der Waals surface area contributed by atoms with Gasteiger partial charge in [-0.05, 0) is 19.1 Å². The number of nitrogens with zero attached hydrogens (tertiary/aromatic N) is 2. The second-order valence-electron chi connectivity index (χ2n) is 2.28. The lowest BCUT2D eigenvalue weighted by molar-refractivity contribution is 0.318. The zero-order chi connectivity index (χ0) is 9.14. The van der Waals surface area contributed by atoms with Crippen LogP contribution in [0.2, 0.25) is 5.15 Å². The molecule has 0 aliphatic heterocycles. The van der Waals surface area contributed by atoms with Crippen LogP contribution in [0.15, 0.2) is 17.3 Å². The van der Waals surface area contributed by atoms with Crippen LogP contribution in [0.1, 0.15) is 11.3 Å². The summed E-state index contributed by atoms with van der Waals surface area (Å²) in [4.78, 5) is 3.94. The van der Waals surface area contributed by atoms with Gasteiger partial charge in [0.1, 0.15) is 5.15 Å². The van der Waals surface area contributed by atoms with Gasteiger partial charge in [0, 0.05) is 5.69 Å². The lowest BCUT2D eigenvalue weighted by Gasteiger charge is -2.00. The number of pyridine rings is 1. The van der Waals surface area contributed by atoms with Crippen LogP contribution in [0.25, 0.3) is 0 Å². The van der Waals surface area contributed by atoms with Gasteiger partial charge in [0.2, 0.25) is 0 Å². The van der Waals surface area contributed by atoms with E-state index in [-0.39, 0.29) is 11.0 Å². The molecular formula is C7H8ClN3O. The van der Waals surface area contributed by atoms with Crippen LogP contribution in [0, 0.1) is 6.92 Å². The topological polar surface area (TPSA) is 71.5 Å². The number of oxime groups is 1. The zero-order valence-corrected chi connectivity index (χ0v) is 7.21. The van der Waals surface area contributed by atoms with Gasteiger partial charge in [0.25, 0.3) is 0 Å². The molecule has 1 aromatic heterocycles. The average molecular weight is 186 g/mol. The van der Waals surface area contributed by atoms with Crippen LogP contribution in [0.4, 0.5) is 0 Å². The van der Waals surface area contributed by atoms with Crippen LogP contribution in [-0.4, -0.2) is 16.0 Å². The number of hydrogen-bond donors (Lipinski definition) is 2. The van der Waals surface area contributed by atoms with E-state index in [1.165, 1.54) is 0 Å². The Morgan fingerprint density at radius 2 is 2.33 bits per heavy atom. The van der Waals surface area contributed by atoms with Crippen molar-refractivity contribution in [2.75, 3.05) is 0 Å². The Bertz CT molecular complexity index is 324. The lowest BCUT2D eigenvalue weighted by atomic mass is 10.2. The third kappa shape index (κ3) is 1.65. The van der Waals surface area contributed by atoms with Crippen molar-refractivity contribution in [2.45, 2.75) is 6.92 Å². The molecule has 4 nitrogen and oxygen atoms in total. The van der Waals surface area contributed by atoms with Crippen LogP contribution in [-0.2, 0) is 0 Å². The van der Waals surface area contributed by atoms with E-state index in [9.17, 15) is 0 Å². The van der Waals surface area contributed by atoms with Gasteiger partial charge in [0.15, 0.2) is 5.84 Å². The fraction of sp³-hybridized carbons (Fsp3) is 0.143. The molecule has 5 heteroatoms. The van der Waals surface area contributed by atoms with Crippen molar-refractivity contribution in [1.82, 2.24) is 4.98 Å². The first-order valence-corrected chi connectivity index (χ1v) is 3.64. The first-order chi connectivity index (χ1) is 5.65. The largest absolute Gasteiger partial charge is 0.409 e. The summed E-state index contributed by atoms with van der Waals surface area (Å²) in [6, 6.07) is 3.39. The molecule has 0 fully saturated rings. The molecule has 0 saturated heterocycles. The number of aromatic nitrogens is 1. The smallest absolute Gasteiger partial charge is 0.173 e. The fourth-order valence-electron chi connectivity index (χ4n) is 0.770.